The average molecular weight is 401 g/mol. The number of aromatic nitrogens is 2. The van der Waals surface area contributed by atoms with Crippen LogP contribution < -0.4 is 5.32 Å². The van der Waals surface area contributed by atoms with Crippen molar-refractivity contribution >= 4 is 11.6 Å². The summed E-state index contributed by atoms with van der Waals surface area (Å²) in [5.74, 6) is -0.343. The molecule has 4 aromatic rings. The molecule has 1 atom stereocenters. The summed E-state index contributed by atoms with van der Waals surface area (Å²) in [6.45, 7) is 5.70. The Bertz CT molecular complexity index is 1210. The molecule has 2 aromatic carbocycles. The lowest BCUT2D eigenvalue weighted by molar-refractivity contribution is -0.121. The first-order valence-corrected chi connectivity index (χ1v) is 10.0. The lowest BCUT2D eigenvalue weighted by atomic mass is 10.0. The fraction of sp³-hybridized carbons (Fsp3) is 0.200. The van der Waals surface area contributed by atoms with Gasteiger partial charge in [0.25, 0.3) is 0 Å². The monoisotopic (exact) mass is 401 g/mol. The van der Waals surface area contributed by atoms with Gasteiger partial charge in [-0.15, -0.1) is 0 Å². The molecule has 5 heteroatoms. The van der Waals surface area contributed by atoms with E-state index in [0.29, 0.717) is 11.3 Å². The van der Waals surface area contributed by atoms with Gasteiger partial charge in [-0.2, -0.15) is 0 Å². The first-order chi connectivity index (χ1) is 14.4. The van der Waals surface area contributed by atoms with Gasteiger partial charge in [-0.25, -0.2) is 9.37 Å². The summed E-state index contributed by atoms with van der Waals surface area (Å²) in [6.07, 6.45) is 2.15. The lowest BCUT2D eigenvalue weighted by Crippen LogP contribution is -2.28. The van der Waals surface area contributed by atoms with E-state index in [9.17, 15) is 9.18 Å². The summed E-state index contributed by atoms with van der Waals surface area (Å²) in [5, 5.41) is 3.07. The van der Waals surface area contributed by atoms with Crippen LogP contribution in [-0.4, -0.2) is 15.3 Å². The van der Waals surface area contributed by atoms with Crippen LogP contribution in [0.25, 0.3) is 16.9 Å². The number of imidazole rings is 1. The molecule has 30 heavy (non-hydrogen) atoms. The molecule has 152 valence electrons. The SMILES string of the molecule is Cc1ccc2nc(-c3ccc(F)c(C)c3)c(CC(=O)NC(C)c3ccccc3)n2c1. The summed E-state index contributed by atoms with van der Waals surface area (Å²) in [6, 6.07) is 18.6. The van der Waals surface area contributed by atoms with E-state index in [4.69, 9.17) is 4.98 Å². The number of fused-ring (bicyclic) bond motifs is 1. The number of benzene rings is 2. The topological polar surface area (TPSA) is 46.4 Å². The van der Waals surface area contributed by atoms with Gasteiger partial charge in [-0.1, -0.05) is 36.4 Å². The molecule has 2 aromatic heterocycles. The van der Waals surface area contributed by atoms with Crippen LogP contribution in [0.1, 0.15) is 35.3 Å². The lowest BCUT2D eigenvalue weighted by Gasteiger charge is -2.15. The quantitative estimate of drug-likeness (QED) is 0.501. The molecule has 1 amide bonds. The van der Waals surface area contributed by atoms with Crippen molar-refractivity contribution in [1.29, 1.82) is 0 Å². The van der Waals surface area contributed by atoms with Crippen molar-refractivity contribution < 1.29 is 9.18 Å². The van der Waals surface area contributed by atoms with E-state index in [1.54, 1.807) is 19.1 Å². The van der Waals surface area contributed by atoms with Crippen LogP contribution in [0.2, 0.25) is 0 Å². The zero-order valence-electron chi connectivity index (χ0n) is 17.3. The highest BCUT2D eigenvalue weighted by Gasteiger charge is 2.19. The summed E-state index contributed by atoms with van der Waals surface area (Å²) < 4.78 is 15.8. The first kappa shape index (κ1) is 19.8. The van der Waals surface area contributed by atoms with Crippen molar-refractivity contribution in [3.63, 3.8) is 0 Å². The number of carbonyl (C=O) groups is 1. The predicted molar refractivity (Wildman–Crippen MR) is 117 cm³/mol. The number of hydrogen-bond donors (Lipinski definition) is 1. The van der Waals surface area contributed by atoms with Gasteiger partial charge in [0.1, 0.15) is 11.5 Å². The minimum atomic E-state index is -0.255. The maximum Gasteiger partial charge on any atom is 0.226 e. The molecule has 0 bridgehead atoms. The molecular formula is C25H24FN3O. The Morgan fingerprint density at radius 1 is 1.10 bits per heavy atom. The molecule has 4 rings (SSSR count). The minimum Gasteiger partial charge on any atom is -0.349 e. The Balaban J connectivity index is 1.70. The Labute approximate surface area is 175 Å². The molecule has 0 saturated heterocycles. The second kappa shape index (κ2) is 8.11. The second-order valence-electron chi connectivity index (χ2n) is 7.68. The molecule has 0 saturated carbocycles. The Kier molecular flexibility index (Phi) is 5.36. The van der Waals surface area contributed by atoms with Crippen LogP contribution in [0.4, 0.5) is 4.39 Å². The van der Waals surface area contributed by atoms with E-state index < -0.39 is 0 Å². The molecule has 0 aliphatic heterocycles. The molecule has 0 radical (unpaired) electrons. The van der Waals surface area contributed by atoms with Gasteiger partial charge in [0.15, 0.2) is 0 Å². The third-order valence-corrected chi connectivity index (χ3v) is 5.30. The van der Waals surface area contributed by atoms with E-state index in [1.807, 2.05) is 66.9 Å². The highest BCUT2D eigenvalue weighted by molar-refractivity contribution is 5.82. The highest BCUT2D eigenvalue weighted by Crippen LogP contribution is 2.27. The highest BCUT2D eigenvalue weighted by atomic mass is 19.1. The van der Waals surface area contributed by atoms with Crippen molar-refractivity contribution in [2.45, 2.75) is 33.2 Å². The molecular weight excluding hydrogens is 377 g/mol. The molecule has 0 spiro atoms. The number of carbonyl (C=O) groups excluding carboxylic acids is 1. The number of hydrogen-bond acceptors (Lipinski definition) is 2. The second-order valence-corrected chi connectivity index (χ2v) is 7.68. The Hall–Kier alpha value is -3.47. The maximum atomic E-state index is 13.8. The van der Waals surface area contributed by atoms with Crippen molar-refractivity contribution in [3.8, 4) is 11.3 Å². The van der Waals surface area contributed by atoms with Crippen LogP contribution in [0, 0.1) is 19.7 Å². The zero-order chi connectivity index (χ0) is 21.3. The number of halogens is 1. The van der Waals surface area contributed by atoms with Crippen molar-refractivity contribution in [1.82, 2.24) is 14.7 Å². The Morgan fingerprint density at radius 2 is 1.87 bits per heavy atom. The maximum absolute atomic E-state index is 13.8. The van der Waals surface area contributed by atoms with Gasteiger partial charge < -0.3 is 9.72 Å². The number of aryl methyl sites for hydroxylation is 2. The number of rotatable bonds is 5. The smallest absolute Gasteiger partial charge is 0.226 e. The van der Waals surface area contributed by atoms with Crippen LogP contribution >= 0.6 is 0 Å². The fourth-order valence-corrected chi connectivity index (χ4v) is 3.66. The van der Waals surface area contributed by atoms with Gasteiger partial charge in [0, 0.05) is 11.8 Å². The van der Waals surface area contributed by atoms with Gasteiger partial charge in [0.2, 0.25) is 5.91 Å². The molecule has 0 aliphatic carbocycles. The summed E-state index contributed by atoms with van der Waals surface area (Å²) >= 11 is 0. The van der Waals surface area contributed by atoms with Gasteiger partial charge in [-0.05, 0) is 61.7 Å². The van der Waals surface area contributed by atoms with Crippen LogP contribution in [0.5, 0.6) is 0 Å². The third kappa shape index (κ3) is 3.96. The van der Waals surface area contributed by atoms with E-state index in [0.717, 1.165) is 28.0 Å². The van der Waals surface area contributed by atoms with E-state index in [1.165, 1.54) is 6.07 Å². The van der Waals surface area contributed by atoms with E-state index in [-0.39, 0.29) is 24.2 Å². The molecule has 1 N–H and O–H groups in total. The molecule has 1 unspecified atom stereocenters. The van der Waals surface area contributed by atoms with Crippen molar-refractivity contribution in [3.05, 3.63) is 95.1 Å². The van der Waals surface area contributed by atoms with E-state index >= 15 is 0 Å². The summed E-state index contributed by atoms with van der Waals surface area (Å²) in [4.78, 5) is 17.7. The van der Waals surface area contributed by atoms with Crippen molar-refractivity contribution in [2.24, 2.45) is 0 Å². The first-order valence-electron chi connectivity index (χ1n) is 10.0. The van der Waals surface area contributed by atoms with Crippen LogP contribution in [0.15, 0.2) is 66.9 Å². The van der Waals surface area contributed by atoms with Crippen LogP contribution in [-0.2, 0) is 11.2 Å². The molecule has 2 heterocycles. The number of amides is 1. The minimum absolute atomic E-state index is 0.0882. The standard InChI is InChI=1S/C25H24FN3O/c1-16-9-12-23-28-25(20-10-11-21(26)17(2)13-20)22(29(23)15-16)14-24(30)27-18(3)19-7-5-4-6-8-19/h4-13,15,18H,14H2,1-3H3,(H,27,30). The largest absolute Gasteiger partial charge is 0.349 e. The molecule has 0 aliphatic rings. The predicted octanol–water partition coefficient (Wildman–Crippen LogP) is 5.18. The number of pyridine rings is 1. The number of nitrogens with zero attached hydrogens (tertiary/aromatic N) is 2. The summed E-state index contributed by atoms with van der Waals surface area (Å²) in [5.41, 5.74) is 5.72. The normalized spacial score (nSPS) is 12.1. The van der Waals surface area contributed by atoms with Crippen molar-refractivity contribution in [2.75, 3.05) is 0 Å². The fourth-order valence-electron chi connectivity index (χ4n) is 3.66. The van der Waals surface area contributed by atoms with E-state index in [2.05, 4.69) is 5.32 Å². The number of nitrogens with one attached hydrogen (secondary N) is 1. The average Bonchev–Trinajstić information content (AvgIpc) is 3.08. The Morgan fingerprint density at radius 3 is 2.60 bits per heavy atom. The van der Waals surface area contributed by atoms with Gasteiger partial charge >= 0.3 is 0 Å². The van der Waals surface area contributed by atoms with Crippen LogP contribution in [0.3, 0.4) is 0 Å². The molecule has 0 fully saturated rings. The van der Waals surface area contributed by atoms with Gasteiger partial charge in [-0.3, -0.25) is 4.79 Å². The zero-order valence-corrected chi connectivity index (χ0v) is 17.3. The summed E-state index contributed by atoms with van der Waals surface area (Å²) in [7, 11) is 0. The molecule has 4 nitrogen and oxygen atoms in total. The third-order valence-electron chi connectivity index (χ3n) is 5.30. The van der Waals surface area contributed by atoms with Gasteiger partial charge in [0.05, 0.1) is 23.9 Å².